The van der Waals surface area contributed by atoms with Crippen LogP contribution in [0.5, 0.6) is 11.5 Å². The van der Waals surface area contributed by atoms with Gasteiger partial charge in [-0.1, -0.05) is 19.1 Å². The molecule has 1 aromatic carbocycles. The minimum Gasteiger partial charge on any atom is -0.486 e. The van der Waals surface area contributed by atoms with Crippen molar-refractivity contribution in [1.29, 1.82) is 0 Å². The van der Waals surface area contributed by atoms with Crippen LogP contribution in [0.15, 0.2) is 24.3 Å². The third-order valence-electron chi connectivity index (χ3n) is 2.80. The van der Waals surface area contributed by atoms with Crippen molar-refractivity contribution in [1.82, 2.24) is 4.31 Å². The fraction of sp³-hybridized carbons (Fsp3) is 0.500. The molecule has 0 saturated heterocycles. The summed E-state index contributed by atoms with van der Waals surface area (Å²) in [5.74, 6) is 1.37. The van der Waals surface area contributed by atoms with Crippen LogP contribution in [0.1, 0.15) is 6.92 Å². The minimum absolute atomic E-state index is 0.269. The van der Waals surface area contributed by atoms with Crippen LogP contribution in [0.2, 0.25) is 0 Å². The van der Waals surface area contributed by atoms with Gasteiger partial charge in [0.1, 0.15) is 12.7 Å². The first-order valence-electron chi connectivity index (χ1n) is 5.84. The van der Waals surface area contributed by atoms with E-state index in [4.69, 9.17) is 9.47 Å². The maximum Gasteiger partial charge on any atom is 0.211 e. The van der Waals surface area contributed by atoms with Crippen molar-refractivity contribution < 1.29 is 17.9 Å². The summed E-state index contributed by atoms with van der Waals surface area (Å²) in [7, 11) is -3.19. The lowest BCUT2D eigenvalue weighted by Gasteiger charge is -2.29. The van der Waals surface area contributed by atoms with E-state index in [9.17, 15) is 8.42 Å². The monoisotopic (exact) mass is 271 g/mol. The molecule has 0 aromatic heterocycles. The number of sulfonamides is 1. The quantitative estimate of drug-likeness (QED) is 0.823. The van der Waals surface area contributed by atoms with Gasteiger partial charge in [-0.05, 0) is 12.1 Å². The molecule has 1 atom stereocenters. The molecule has 1 aliphatic rings. The van der Waals surface area contributed by atoms with Crippen LogP contribution in [0.25, 0.3) is 0 Å². The number of benzene rings is 1. The molecule has 0 spiro atoms. The molecular formula is C12H17NO4S. The van der Waals surface area contributed by atoms with Gasteiger partial charge in [-0.3, -0.25) is 0 Å². The largest absolute Gasteiger partial charge is 0.486 e. The normalized spacial score (nSPS) is 18.9. The summed E-state index contributed by atoms with van der Waals surface area (Å²) in [5, 5.41) is 0. The fourth-order valence-corrected chi connectivity index (χ4v) is 2.79. The molecule has 1 aromatic rings. The van der Waals surface area contributed by atoms with E-state index in [0.717, 1.165) is 0 Å². The Hall–Kier alpha value is -1.27. The lowest BCUT2D eigenvalue weighted by molar-refractivity contribution is 0.0772. The highest BCUT2D eigenvalue weighted by Crippen LogP contribution is 2.31. The summed E-state index contributed by atoms with van der Waals surface area (Å²) in [5.41, 5.74) is 0. The van der Waals surface area contributed by atoms with Crippen molar-refractivity contribution in [3.05, 3.63) is 24.3 Å². The zero-order chi connectivity index (χ0) is 13.2. The average Bonchev–Trinajstić information content (AvgIpc) is 2.34. The molecule has 18 heavy (non-hydrogen) atoms. The van der Waals surface area contributed by atoms with Crippen LogP contribution < -0.4 is 9.47 Å². The topological polar surface area (TPSA) is 55.8 Å². The second-order valence-corrected chi connectivity index (χ2v) is 6.19. The molecule has 0 aliphatic carbocycles. The van der Waals surface area contributed by atoms with E-state index < -0.39 is 10.0 Å². The van der Waals surface area contributed by atoms with Crippen LogP contribution in [0, 0.1) is 0 Å². The Morgan fingerprint density at radius 3 is 2.61 bits per heavy atom. The Bertz CT molecular complexity index is 515. The molecule has 0 fully saturated rings. The van der Waals surface area contributed by atoms with E-state index in [-0.39, 0.29) is 6.10 Å². The standard InChI is InChI=1S/C12H17NO4S/c1-3-13(18(2,14)15)8-10-9-16-11-6-4-5-7-12(11)17-10/h4-7,10H,3,8-9H2,1-2H3. The van der Waals surface area contributed by atoms with E-state index in [2.05, 4.69) is 0 Å². The van der Waals surface area contributed by atoms with Crippen molar-refractivity contribution in [2.75, 3.05) is 26.0 Å². The molecule has 0 amide bonds. The Morgan fingerprint density at radius 2 is 2.00 bits per heavy atom. The van der Waals surface area contributed by atoms with E-state index >= 15 is 0 Å². The van der Waals surface area contributed by atoms with Gasteiger partial charge in [0.05, 0.1) is 12.8 Å². The number of hydrogen-bond donors (Lipinski definition) is 0. The highest BCUT2D eigenvalue weighted by molar-refractivity contribution is 7.88. The van der Waals surface area contributed by atoms with Crippen molar-refractivity contribution >= 4 is 10.0 Å². The first-order chi connectivity index (χ1) is 8.50. The van der Waals surface area contributed by atoms with Gasteiger partial charge in [-0.15, -0.1) is 0 Å². The SMILES string of the molecule is CCN(CC1COc2ccccc2O1)S(C)(=O)=O. The molecule has 1 heterocycles. The molecule has 6 heteroatoms. The van der Waals surface area contributed by atoms with Crippen LogP contribution in [0.4, 0.5) is 0 Å². The fourth-order valence-electron chi connectivity index (χ4n) is 1.88. The van der Waals surface area contributed by atoms with Gasteiger partial charge in [0, 0.05) is 6.54 Å². The Balaban J connectivity index is 2.06. The average molecular weight is 271 g/mol. The molecular weight excluding hydrogens is 254 g/mol. The molecule has 1 aliphatic heterocycles. The van der Waals surface area contributed by atoms with Gasteiger partial charge >= 0.3 is 0 Å². The third kappa shape index (κ3) is 2.94. The number of ether oxygens (including phenoxy) is 2. The Labute approximate surface area is 107 Å². The number of hydrogen-bond acceptors (Lipinski definition) is 4. The Morgan fingerprint density at radius 1 is 1.33 bits per heavy atom. The zero-order valence-electron chi connectivity index (χ0n) is 10.5. The Kier molecular flexibility index (Phi) is 3.77. The summed E-state index contributed by atoms with van der Waals surface area (Å²) in [6, 6.07) is 7.38. The van der Waals surface area contributed by atoms with Crippen molar-refractivity contribution in [3.63, 3.8) is 0 Å². The van der Waals surface area contributed by atoms with Gasteiger partial charge in [0.15, 0.2) is 11.5 Å². The summed E-state index contributed by atoms with van der Waals surface area (Å²) in [6.45, 7) is 2.91. The van der Waals surface area contributed by atoms with Crippen molar-refractivity contribution in [2.45, 2.75) is 13.0 Å². The number of likely N-dealkylation sites (N-methyl/N-ethyl adjacent to an activating group) is 1. The third-order valence-corrected chi connectivity index (χ3v) is 4.14. The van der Waals surface area contributed by atoms with Gasteiger partial charge in [0.25, 0.3) is 0 Å². The predicted molar refractivity (Wildman–Crippen MR) is 68.4 cm³/mol. The van der Waals surface area contributed by atoms with Crippen LogP contribution in [0.3, 0.4) is 0 Å². The van der Waals surface area contributed by atoms with E-state index in [0.29, 0.717) is 31.2 Å². The molecule has 100 valence electrons. The van der Waals surface area contributed by atoms with Crippen LogP contribution in [-0.2, 0) is 10.0 Å². The zero-order valence-corrected chi connectivity index (χ0v) is 11.3. The van der Waals surface area contributed by atoms with E-state index in [1.165, 1.54) is 10.6 Å². The van der Waals surface area contributed by atoms with Gasteiger partial charge in [-0.2, -0.15) is 4.31 Å². The van der Waals surface area contributed by atoms with Gasteiger partial charge < -0.3 is 9.47 Å². The smallest absolute Gasteiger partial charge is 0.211 e. The maximum atomic E-state index is 11.5. The summed E-state index contributed by atoms with van der Waals surface area (Å²) < 4.78 is 35.7. The highest BCUT2D eigenvalue weighted by atomic mass is 32.2. The van der Waals surface area contributed by atoms with E-state index in [1.54, 1.807) is 6.92 Å². The molecule has 0 radical (unpaired) electrons. The summed E-state index contributed by atoms with van der Waals surface area (Å²) in [4.78, 5) is 0. The van der Waals surface area contributed by atoms with Crippen molar-refractivity contribution in [3.8, 4) is 11.5 Å². The molecule has 2 rings (SSSR count). The van der Waals surface area contributed by atoms with E-state index in [1.807, 2.05) is 24.3 Å². The van der Waals surface area contributed by atoms with Crippen LogP contribution in [-0.4, -0.2) is 44.8 Å². The summed E-state index contributed by atoms with van der Waals surface area (Å²) in [6.07, 6.45) is 0.934. The van der Waals surface area contributed by atoms with Gasteiger partial charge in [0.2, 0.25) is 10.0 Å². The number of para-hydroxylation sites is 2. The molecule has 0 bridgehead atoms. The molecule has 5 nitrogen and oxygen atoms in total. The lowest BCUT2D eigenvalue weighted by Crippen LogP contribution is -2.43. The first-order valence-corrected chi connectivity index (χ1v) is 7.69. The second kappa shape index (κ2) is 5.16. The number of nitrogens with zero attached hydrogens (tertiary/aromatic N) is 1. The molecule has 1 unspecified atom stereocenters. The first kappa shape index (κ1) is 13.2. The molecule has 0 saturated carbocycles. The maximum absolute atomic E-state index is 11.5. The molecule has 0 N–H and O–H groups in total. The second-order valence-electron chi connectivity index (χ2n) is 4.21. The minimum atomic E-state index is -3.19. The highest BCUT2D eigenvalue weighted by Gasteiger charge is 2.25. The van der Waals surface area contributed by atoms with Crippen molar-refractivity contribution in [2.24, 2.45) is 0 Å². The van der Waals surface area contributed by atoms with Gasteiger partial charge in [-0.25, -0.2) is 8.42 Å². The summed E-state index contributed by atoms with van der Waals surface area (Å²) >= 11 is 0. The number of fused-ring (bicyclic) bond motifs is 1. The lowest BCUT2D eigenvalue weighted by atomic mass is 10.2. The predicted octanol–water partition coefficient (Wildman–Crippen LogP) is 1.11. The number of rotatable bonds is 4. The van der Waals surface area contributed by atoms with Crippen LogP contribution >= 0.6 is 0 Å².